The molecule has 0 radical (unpaired) electrons. The number of halogens is 1. The Morgan fingerprint density at radius 2 is 1.98 bits per heavy atom. The molecule has 0 saturated carbocycles. The fourth-order valence-electron chi connectivity index (χ4n) is 6.31. The normalized spacial score (nSPS) is 17.4. The number of hydrogen-bond donors (Lipinski definition) is 1. The van der Waals surface area contributed by atoms with Gasteiger partial charge in [-0.25, -0.2) is 14.4 Å². The number of rotatable bonds is 9. The van der Waals surface area contributed by atoms with Gasteiger partial charge in [0.15, 0.2) is 17.4 Å². The summed E-state index contributed by atoms with van der Waals surface area (Å²) in [7, 11) is 3.20. The van der Waals surface area contributed by atoms with Crippen LogP contribution in [0, 0.1) is 24.1 Å². The first kappa shape index (κ1) is 32.1. The average molecular weight is 640 g/mol. The van der Waals surface area contributed by atoms with Gasteiger partial charge in [0.1, 0.15) is 36.3 Å². The number of fused-ring (bicyclic) bond motifs is 1. The molecule has 1 atom stereocenters. The van der Waals surface area contributed by atoms with Crippen LogP contribution in [0.4, 0.5) is 10.2 Å². The third-order valence-electron chi connectivity index (χ3n) is 8.99. The Labute approximate surface area is 272 Å². The third-order valence-corrected chi connectivity index (χ3v) is 8.99. The maximum absolute atomic E-state index is 14.0. The van der Waals surface area contributed by atoms with Gasteiger partial charge in [-0.1, -0.05) is 6.07 Å². The molecule has 2 fully saturated rings. The quantitative estimate of drug-likeness (QED) is 0.267. The number of nitriles is 1. The Hall–Kier alpha value is -4.86. The van der Waals surface area contributed by atoms with Gasteiger partial charge in [0.05, 0.1) is 24.4 Å². The van der Waals surface area contributed by atoms with Gasteiger partial charge in [-0.2, -0.15) is 5.26 Å². The summed E-state index contributed by atoms with van der Waals surface area (Å²) in [5, 5.41) is 14.4. The minimum Gasteiger partial charge on any atom is -0.451 e. The number of ether oxygens (including phenoxy) is 2. The fraction of sp³-hybridized carbons (Fsp3) is 0.400. The van der Waals surface area contributed by atoms with Crippen LogP contribution in [0.5, 0.6) is 11.5 Å². The van der Waals surface area contributed by atoms with E-state index in [2.05, 4.69) is 45.3 Å². The zero-order valence-corrected chi connectivity index (χ0v) is 26.8. The Balaban J connectivity index is 1.10. The predicted octanol–water partition coefficient (Wildman–Crippen LogP) is 5.07. The van der Waals surface area contributed by atoms with E-state index in [1.54, 1.807) is 14.1 Å². The summed E-state index contributed by atoms with van der Waals surface area (Å²) in [4.78, 5) is 36.6. The highest BCUT2D eigenvalue weighted by Crippen LogP contribution is 2.32. The molecule has 0 bridgehead atoms. The lowest BCUT2D eigenvalue weighted by Crippen LogP contribution is -2.39. The first-order valence-electron chi connectivity index (χ1n) is 15.8. The molecule has 6 rings (SSSR count). The summed E-state index contributed by atoms with van der Waals surface area (Å²) in [5.74, 6) is 0.314. The highest BCUT2D eigenvalue weighted by Gasteiger charge is 2.25. The van der Waals surface area contributed by atoms with Gasteiger partial charge in [0.25, 0.3) is 5.91 Å². The molecule has 0 spiro atoms. The van der Waals surface area contributed by atoms with Gasteiger partial charge in [-0.3, -0.25) is 14.5 Å². The maximum atomic E-state index is 14.0. The number of nitrogens with zero attached hydrogens (tertiary/aromatic N) is 6. The average Bonchev–Trinajstić information content (AvgIpc) is 3.43. The van der Waals surface area contributed by atoms with E-state index in [1.807, 2.05) is 10.6 Å². The molecule has 4 heterocycles. The van der Waals surface area contributed by atoms with Crippen LogP contribution in [-0.4, -0.2) is 82.0 Å². The van der Waals surface area contributed by atoms with E-state index in [4.69, 9.17) is 9.47 Å². The first-order chi connectivity index (χ1) is 22.7. The summed E-state index contributed by atoms with van der Waals surface area (Å²) in [6.07, 6.45) is 5.84. The van der Waals surface area contributed by atoms with Crippen molar-refractivity contribution in [3.8, 4) is 17.6 Å². The van der Waals surface area contributed by atoms with Gasteiger partial charge in [0, 0.05) is 57.1 Å². The van der Waals surface area contributed by atoms with Gasteiger partial charge >= 0.3 is 0 Å². The second-order valence-electron chi connectivity index (χ2n) is 12.4. The molecule has 1 N–H and O–H groups in total. The summed E-state index contributed by atoms with van der Waals surface area (Å²) in [6.45, 7) is 5.35. The molecule has 2 saturated heterocycles. The van der Waals surface area contributed by atoms with Crippen LogP contribution in [0.15, 0.2) is 48.9 Å². The van der Waals surface area contributed by atoms with E-state index in [1.165, 1.54) is 41.2 Å². The van der Waals surface area contributed by atoms with Crippen LogP contribution < -0.4 is 10.1 Å². The van der Waals surface area contributed by atoms with E-state index in [-0.39, 0.29) is 41.8 Å². The van der Waals surface area contributed by atoms with Crippen LogP contribution in [0.1, 0.15) is 52.9 Å². The summed E-state index contributed by atoms with van der Waals surface area (Å²) in [5.41, 5.74) is 4.10. The molecule has 11 nitrogen and oxygen atoms in total. The number of nitrogens with one attached hydrogen (secondary N) is 1. The molecule has 0 aliphatic carbocycles. The van der Waals surface area contributed by atoms with E-state index in [9.17, 15) is 19.2 Å². The summed E-state index contributed by atoms with van der Waals surface area (Å²) >= 11 is 0. The number of carbonyl (C=O) groups excluding carboxylic acids is 2. The van der Waals surface area contributed by atoms with E-state index in [0.29, 0.717) is 36.6 Å². The molecule has 4 aromatic rings. The number of piperidine rings is 1. The smallest absolute Gasteiger partial charge is 0.257 e. The molecule has 1 unspecified atom stereocenters. The maximum Gasteiger partial charge on any atom is 0.257 e. The van der Waals surface area contributed by atoms with Crippen molar-refractivity contribution in [2.24, 2.45) is 0 Å². The number of ketones is 1. The Bertz CT molecular complexity index is 1830. The van der Waals surface area contributed by atoms with Crippen LogP contribution in [0.3, 0.4) is 0 Å². The van der Waals surface area contributed by atoms with Gasteiger partial charge in [-0.05, 0) is 67.6 Å². The molecular weight excluding hydrogens is 601 g/mol. The molecule has 47 heavy (non-hydrogen) atoms. The van der Waals surface area contributed by atoms with Gasteiger partial charge in [0.2, 0.25) is 0 Å². The van der Waals surface area contributed by atoms with Crippen molar-refractivity contribution >= 4 is 28.4 Å². The lowest BCUT2D eigenvalue weighted by Gasteiger charge is -2.33. The molecule has 1 amide bonds. The molecule has 2 aromatic carbocycles. The van der Waals surface area contributed by atoms with Crippen molar-refractivity contribution in [1.29, 1.82) is 5.26 Å². The Morgan fingerprint density at radius 1 is 1.17 bits per heavy atom. The molecule has 2 aliphatic rings. The predicted molar refractivity (Wildman–Crippen MR) is 174 cm³/mol. The van der Waals surface area contributed by atoms with Crippen molar-refractivity contribution < 1.29 is 23.5 Å². The second kappa shape index (κ2) is 13.9. The Kier molecular flexibility index (Phi) is 9.47. The van der Waals surface area contributed by atoms with Crippen LogP contribution in [0.25, 0.3) is 10.9 Å². The van der Waals surface area contributed by atoms with Crippen molar-refractivity contribution in [3.05, 3.63) is 77.1 Å². The minimum absolute atomic E-state index is 0.0806. The standard InChI is InChI=1S/C35H38FN7O4/c1-22-23(4-8-31-29(22)15-26(16-37)43(31)19-28-7-6-27(44)20-46-28)18-42-12-10-25(11-13-42)40-34-33(17-38-21-39-34)47-32-9-5-24(36)14-30(32)35(45)41(2)3/h4-5,8-9,14-15,17,21,25,28H,6-7,10-13,18-20H2,1-3H3,(H,38,39,40). The highest BCUT2D eigenvalue weighted by molar-refractivity contribution is 5.96. The number of carbonyl (C=O) groups is 2. The fourth-order valence-corrected chi connectivity index (χ4v) is 6.31. The third kappa shape index (κ3) is 7.11. The van der Waals surface area contributed by atoms with Crippen LogP contribution in [0.2, 0.25) is 0 Å². The number of hydrogen-bond acceptors (Lipinski definition) is 9. The number of Topliss-reactive ketones (excluding diaryl/α,β-unsaturated/α-hetero) is 1. The molecule has 2 aliphatic heterocycles. The van der Waals surface area contributed by atoms with Crippen molar-refractivity contribution in [2.75, 3.05) is 39.1 Å². The highest BCUT2D eigenvalue weighted by atomic mass is 19.1. The Morgan fingerprint density at radius 3 is 2.70 bits per heavy atom. The number of likely N-dealkylation sites (tertiary alicyclic amines) is 1. The summed E-state index contributed by atoms with van der Waals surface area (Å²) in [6, 6.07) is 12.5. The van der Waals surface area contributed by atoms with Crippen LogP contribution >= 0.6 is 0 Å². The topological polar surface area (TPSA) is 126 Å². The number of amides is 1. The first-order valence-corrected chi connectivity index (χ1v) is 15.8. The second-order valence-corrected chi connectivity index (χ2v) is 12.4. The number of anilines is 1. The van der Waals surface area contributed by atoms with Crippen molar-refractivity contribution in [2.45, 2.75) is 57.8 Å². The van der Waals surface area contributed by atoms with Crippen molar-refractivity contribution in [1.82, 2.24) is 24.3 Å². The van der Waals surface area contributed by atoms with Gasteiger partial charge < -0.3 is 24.3 Å². The number of aryl methyl sites for hydroxylation is 1. The number of benzene rings is 2. The van der Waals surface area contributed by atoms with Crippen LogP contribution in [-0.2, 0) is 22.6 Å². The van der Waals surface area contributed by atoms with Gasteiger partial charge in [-0.15, -0.1) is 0 Å². The zero-order chi connectivity index (χ0) is 33.1. The monoisotopic (exact) mass is 639 g/mol. The lowest BCUT2D eigenvalue weighted by atomic mass is 10.0. The minimum atomic E-state index is -0.526. The zero-order valence-electron chi connectivity index (χ0n) is 26.8. The number of aromatic nitrogens is 3. The summed E-state index contributed by atoms with van der Waals surface area (Å²) < 4.78 is 27.8. The van der Waals surface area contributed by atoms with E-state index in [0.717, 1.165) is 48.9 Å². The molecule has 244 valence electrons. The lowest BCUT2D eigenvalue weighted by molar-refractivity contribution is -0.131. The van der Waals surface area contributed by atoms with E-state index >= 15 is 0 Å². The molecular formula is C35H38FN7O4. The largest absolute Gasteiger partial charge is 0.451 e. The molecule has 2 aromatic heterocycles. The SMILES string of the molecule is Cc1c(CN2CCC(Nc3ncncc3Oc3ccc(F)cc3C(=O)N(C)C)CC2)ccc2c1cc(C#N)n2CC1CCC(=O)CO1. The molecule has 12 heteroatoms. The van der Waals surface area contributed by atoms with Crippen molar-refractivity contribution in [3.63, 3.8) is 0 Å². The van der Waals surface area contributed by atoms with E-state index < -0.39 is 5.82 Å².